The largest absolute Gasteiger partial charge is 0.495 e. The molecule has 0 bridgehead atoms. The molecule has 1 N–H and O–H groups in total. The first-order chi connectivity index (χ1) is 18.2. The second-order valence-corrected chi connectivity index (χ2v) is 12.7. The minimum atomic E-state index is -4.26. The minimum absolute atomic E-state index is 0.129. The maximum atomic E-state index is 13.0. The van der Waals surface area contributed by atoms with E-state index in [1.54, 1.807) is 46.0 Å². The second-order valence-electron chi connectivity index (χ2n) is 10.2. The fourth-order valence-corrected chi connectivity index (χ4v) is 6.22. The molecule has 2 aliphatic heterocycles. The summed E-state index contributed by atoms with van der Waals surface area (Å²) in [5.74, 6) is 1.23. The number of sulfone groups is 1. The Morgan fingerprint density at radius 1 is 1.15 bits per heavy atom. The Morgan fingerprint density at radius 2 is 1.82 bits per heavy atom. The molecule has 0 unspecified atom stereocenters. The highest BCUT2D eigenvalue weighted by Crippen LogP contribution is 2.39. The molecule has 1 aromatic heterocycles. The maximum Gasteiger partial charge on any atom is 0.401 e. The van der Waals surface area contributed by atoms with E-state index >= 15 is 0 Å². The van der Waals surface area contributed by atoms with Crippen LogP contribution in [0.25, 0.3) is 0 Å². The highest BCUT2D eigenvalue weighted by molar-refractivity contribution is 7.92. The van der Waals surface area contributed by atoms with E-state index in [0.29, 0.717) is 41.6 Å². The molecule has 13 heteroatoms. The molecule has 1 fully saturated rings. The van der Waals surface area contributed by atoms with Gasteiger partial charge in [0.05, 0.1) is 35.2 Å². The number of nitrogens with zero attached hydrogens (tertiary/aromatic N) is 4. The summed E-state index contributed by atoms with van der Waals surface area (Å²) in [5.41, 5.74) is 0.997. The van der Waals surface area contributed by atoms with E-state index in [2.05, 4.69) is 5.32 Å². The number of carbonyl (C=O) groups excluding carboxylic acids is 1. The van der Waals surface area contributed by atoms with Gasteiger partial charge in [0.25, 0.3) is 0 Å². The van der Waals surface area contributed by atoms with Crippen LogP contribution in [0.1, 0.15) is 33.6 Å². The van der Waals surface area contributed by atoms with Crippen LogP contribution in [0.4, 0.5) is 36.2 Å². The molecule has 2 aliphatic rings. The lowest BCUT2D eigenvalue weighted by Gasteiger charge is -2.46. The van der Waals surface area contributed by atoms with E-state index in [1.165, 1.54) is 29.0 Å². The van der Waals surface area contributed by atoms with Crippen LogP contribution in [0.3, 0.4) is 0 Å². The zero-order valence-corrected chi connectivity index (χ0v) is 23.4. The summed E-state index contributed by atoms with van der Waals surface area (Å²) in [6, 6.07) is 7.28. The first-order valence-corrected chi connectivity index (χ1v) is 14.3. The molecule has 1 amide bonds. The first kappa shape index (κ1) is 28.9. The van der Waals surface area contributed by atoms with Gasteiger partial charge in [-0.1, -0.05) is 0 Å². The summed E-state index contributed by atoms with van der Waals surface area (Å²) in [4.78, 5) is 22.8. The predicted molar refractivity (Wildman–Crippen MR) is 144 cm³/mol. The third kappa shape index (κ3) is 5.93. The van der Waals surface area contributed by atoms with Crippen molar-refractivity contribution in [2.75, 3.05) is 48.9 Å². The number of amides is 1. The summed E-state index contributed by atoms with van der Waals surface area (Å²) >= 11 is 0. The summed E-state index contributed by atoms with van der Waals surface area (Å²) in [7, 11) is -0.389. The Labute approximate surface area is 226 Å². The second kappa shape index (κ2) is 10.8. The molecule has 3 heterocycles. The van der Waals surface area contributed by atoms with E-state index in [-0.39, 0.29) is 29.9 Å². The Balaban J connectivity index is 1.66. The van der Waals surface area contributed by atoms with Gasteiger partial charge in [0.2, 0.25) is 5.91 Å². The molecule has 1 atom stereocenters. The number of methoxy groups -OCH3 is 1. The molecule has 0 radical (unpaired) electrons. The number of ether oxygens (including phenoxy) is 1. The molecule has 1 aromatic carbocycles. The van der Waals surface area contributed by atoms with Gasteiger partial charge in [0.15, 0.2) is 15.7 Å². The molecule has 1 saturated heterocycles. The first-order valence-electron chi connectivity index (χ1n) is 12.8. The summed E-state index contributed by atoms with van der Waals surface area (Å²) < 4.78 is 69.6. The highest BCUT2D eigenvalue weighted by atomic mass is 32.2. The van der Waals surface area contributed by atoms with Gasteiger partial charge in [-0.05, 0) is 63.9 Å². The molecule has 2 aromatic rings. The molecule has 4 rings (SSSR count). The lowest BCUT2D eigenvalue weighted by molar-refractivity contribution is -0.147. The number of alkyl halides is 3. The number of hydrogen-bond donors (Lipinski definition) is 1. The van der Waals surface area contributed by atoms with Crippen LogP contribution in [-0.2, 0) is 14.6 Å². The SMILES string of the molecule is COc1ccc(S(=O)(=O)C(C)C)cc1Nc1ccc2c(n1)N(C1CCN(CC(F)(F)F)CC1)[C@H](C)C(=O)N2C. The molecule has 0 spiro atoms. The van der Waals surface area contributed by atoms with E-state index in [0.717, 1.165) is 0 Å². The van der Waals surface area contributed by atoms with Crippen LogP contribution in [0.2, 0.25) is 0 Å². The normalized spacial score (nSPS) is 19.4. The molecule has 0 aliphatic carbocycles. The average Bonchev–Trinajstić information content (AvgIpc) is 2.87. The van der Waals surface area contributed by atoms with E-state index in [9.17, 15) is 26.4 Å². The number of likely N-dealkylation sites (tertiary alicyclic amines) is 1. The topological polar surface area (TPSA) is 95.1 Å². The van der Waals surface area contributed by atoms with Gasteiger partial charge in [-0.15, -0.1) is 0 Å². The number of hydrogen-bond acceptors (Lipinski definition) is 8. The van der Waals surface area contributed by atoms with Crippen molar-refractivity contribution in [2.45, 2.75) is 62.0 Å². The summed E-state index contributed by atoms with van der Waals surface area (Å²) in [6.45, 7) is 4.57. The fourth-order valence-electron chi connectivity index (χ4n) is 5.13. The quantitative estimate of drug-likeness (QED) is 0.530. The number of piperidine rings is 1. The minimum Gasteiger partial charge on any atom is -0.495 e. The van der Waals surface area contributed by atoms with Gasteiger partial charge in [-0.2, -0.15) is 13.2 Å². The number of rotatable bonds is 7. The lowest BCUT2D eigenvalue weighted by atomic mass is 9.99. The summed E-state index contributed by atoms with van der Waals surface area (Å²) in [5, 5.41) is 2.55. The average molecular weight is 570 g/mol. The molecule has 9 nitrogen and oxygen atoms in total. The van der Waals surface area contributed by atoms with Crippen LogP contribution < -0.4 is 19.9 Å². The number of nitrogens with one attached hydrogen (secondary N) is 1. The van der Waals surface area contributed by atoms with Gasteiger partial charge in [-0.25, -0.2) is 13.4 Å². The van der Waals surface area contributed by atoms with Crippen LogP contribution >= 0.6 is 0 Å². The third-order valence-electron chi connectivity index (χ3n) is 7.30. The van der Waals surface area contributed by atoms with Crippen molar-refractivity contribution in [3.05, 3.63) is 30.3 Å². The van der Waals surface area contributed by atoms with Crippen molar-refractivity contribution in [1.29, 1.82) is 0 Å². The number of pyridine rings is 1. The number of carbonyl (C=O) groups is 1. The summed E-state index contributed by atoms with van der Waals surface area (Å²) in [6.07, 6.45) is -3.34. The van der Waals surface area contributed by atoms with Gasteiger partial charge < -0.3 is 19.9 Å². The monoisotopic (exact) mass is 569 g/mol. The van der Waals surface area contributed by atoms with Crippen molar-refractivity contribution < 1.29 is 31.1 Å². The number of benzene rings is 1. The molecule has 39 heavy (non-hydrogen) atoms. The Morgan fingerprint density at radius 3 is 2.41 bits per heavy atom. The maximum absolute atomic E-state index is 13.0. The Hall–Kier alpha value is -3.06. The molecular formula is C26H34F3N5O4S. The van der Waals surface area contributed by atoms with Gasteiger partial charge in [0, 0.05) is 26.2 Å². The number of halogens is 3. The van der Waals surface area contributed by atoms with Crippen molar-refractivity contribution in [3.63, 3.8) is 0 Å². The third-order valence-corrected chi connectivity index (χ3v) is 9.45. The Kier molecular flexibility index (Phi) is 8.04. The molecule has 214 valence electrons. The number of anilines is 4. The van der Waals surface area contributed by atoms with Crippen molar-refractivity contribution in [1.82, 2.24) is 9.88 Å². The van der Waals surface area contributed by atoms with Crippen molar-refractivity contribution >= 4 is 38.8 Å². The van der Waals surface area contributed by atoms with Crippen LogP contribution in [0, 0.1) is 0 Å². The standard InChI is InChI=1S/C26H34F3N5O4S/c1-16(2)39(36,37)19-6-8-22(38-5)20(14-19)30-23-9-7-21-24(31-23)34(17(3)25(35)32(21)4)18-10-12-33(13-11-18)15-26(27,28)29/h6-9,14,16-18H,10-13,15H2,1-5H3,(H,30,31)/t17-/m1/s1. The zero-order valence-electron chi connectivity index (χ0n) is 22.6. The highest BCUT2D eigenvalue weighted by Gasteiger charge is 2.41. The van der Waals surface area contributed by atoms with Gasteiger partial charge >= 0.3 is 6.18 Å². The van der Waals surface area contributed by atoms with E-state index in [1.807, 2.05) is 4.90 Å². The van der Waals surface area contributed by atoms with Crippen molar-refractivity contribution in [3.8, 4) is 5.75 Å². The lowest BCUT2D eigenvalue weighted by Crippen LogP contribution is -2.57. The van der Waals surface area contributed by atoms with Crippen LogP contribution in [0.15, 0.2) is 35.2 Å². The number of likely N-dealkylation sites (N-methyl/N-ethyl adjacent to an activating group) is 1. The van der Waals surface area contributed by atoms with E-state index in [4.69, 9.17) is 9.72 Å². The van der Waals surface area contributed by atoms with Crippen molar-refractivity contribution in [2.24, 2.45) is 0 Å². The number of aromatic nitrogens is 1. The predicted octanol–water partition coefficient (Wildman–Crippen LogP) is 4.21. The fraction of sp³-hybridized carbons (Fsp3) is 0.538. The molecular weight excluding hydrogens is 535 g/mol. The van der Waals surface area contributed by atoms with Gasteiger partial charge in [-0.3, -0.25) is 9.69 Å². The van der Waals surface area contributed by atoms with Gasteiger partial charge in [0.1, 0.15) is 17.6 Å². The van der Waals surface area contributed by atoms with E-state index < -0.39 is 33.9 Å². The Bertz CT molecular complexity index is 1330. The molecule has 0 saturated carbocycles. The van der Waals surface area contributed by atoms with Crippen LogP contribution in [-0.4, -0.2) is 81.5 Å². The smallest absolute Gasteiger partial charge is 0.401 e. The zero-order chi connectivity index (χ0) is 28.7. The van der Waals surface area contributed by atoms with Crippen LogP contribution in [0.5, 0.6) is 5.75 Å². The number of fused-ring (bicyclic) bond motifs is 1.